The summed E-state index contributed by atoms with van der Waals surface area (Å²) in [5.74, 6) is -0.768. The molecule has 0 aromatic carbocycles. The van der Waals surface area contributed by atoms with E-state index in [4.69, 9.17) is 0 Å². The van der Waals surface area contributed by atoms with Crippen molar-refractivity contribution in [2.24, 2.45) is 0 Å². The zero-order valence-corrected chi connectivity index (χ0v) is 9.24. The molecular weight excluding hydrogens is 350 g/mol. The van der Waals surface area contributed by atoms with Crippen molar-refractivity contribution in [2.45, 2.75) is 6.43 Å². The van der Waals surface area contributed by atoms with Gasteiger partial charge in [0.2, 0.25) is 5.95 Å². The van der Waals surface area contributed by atoms with Gasteiger partial charge in [-0.05, 0) is 38.5 Å². The number of pyridine rings is 1. The van der Waals surface area contributed by atoms with Gasteiger partial charge in [-0.3, -0.25) is 0 Å². The molecule has 0 aliphatic carbocycles. The van der Waals surface area contributed by atoms with E-state index in [0.29, 0.717) is 0 Å². The highest BCUT2D eigenvalue weighted by Gasteiger charge is 2.17. The Balaban J connectivity index is 3.28. The summed E-state index contributed by atoms with van der Waals surface area (Å²) < 4.78 is 37.0. The van der Waals surface area contributed by atoms with E-state index in [-0.39, 0.29) is 13.7 Å². The van der Waals surface area contributed by atoms with E-state index in [2.05, 4.69) is 20.9 Å². The first-order chi connectivity index (χ1) is 5.52. The molecule has 66 valence electrons. The molecule has 0 saturated heterocycles. The minimum atomic E-state index is -2.64. The van der Waals surface area contributed by atoms with Crippen molar-refractivity contribution in [3.05, 3.63) is 25.8 Å². The van der Waals surface area contributed by atoms with E-state index >= 15 is 0 Å². The summed E-state index contributed by atoms with van der Waals surface area (Å²) in [4.78, 5) is 3.22. The number of nitrogens with zero attached hydrogens (tertiary/aromatic N) is 1. The molecular formula is C6H2BrF3IN. The molecule has 0 aliphatic rings. The van der Waals surface area contributed by atoms with Crippen LogP contribution in [-0.4, -0.2) is 4.98 Å². The van der Waals surface area contributed by atoms with Crippen molar-refractivity contribution < 1.29 is 13.2 Å². The lowest BCUT2D eigenvalue weighted by molar-refractivity contribution is 0.148. The summed E-state index contributed by atoms with van der Waals surface area (Å²) in [6.45, 7) is 0. The minimum absolute atomic E-state index is 0.137. The molecule has 6 heteroatoms. The fourth-order valence-electron chi connectivity index (χ4n) is 0.661. The first-order valence-electron chi connectivity index (χ1n) is 2.82. The highest BCUT2D eigenvalue weighted by atomic mass is 127. The normalized spacial score (nSPS) is 10.8. The second kappa shape index (κ2) is 3.91. The molecule has 0 radical (unpaired) electrons. The van der Waals surface area contributed by atoms with Crippen LogP contribution in [0.3, 0.4) is 0 Å². The summed E-state index contributed by atoms with van der Waals surface area (Å²) in [6.07, 6.45) is -2.64. The van der Waals surface area contributed by atoms with E-state index < -0.39 is 12.4 Å². The maximum atomic E-state index is 12.5. The van der Waals surface area contributed by atoms with Crippen molar-refractivity contribution in [1.82, 2.24) is 4.98 Å². The Morgan fingerprint density at radius 2 is 2.08 bits per heavy atom. The maximum absolute atomic E-state index is 12.5. The van der Waals surface area contributed by atoms with Crippen LogP contribution in [0.4, 0.5) is 13.2 Å². The molecule has 0 amide bonds. The van der Waals surface area contributed by atoms with E-state index in [0.717, 1.165) is 6.07 Å². The zero-order valence-electron chi connectivity index (χ0n) is 5.49. The molecule has 0 N–H and O–H groups in total. The standard InChI is InChI=1S/C6H2BrF3IN/c7-5-4(6(9)10)2(11)1-3(8)12-5/h1,6H. The van der Waals surface area contributed by atoms with Crippen LogP contribution in [0.15, 0.2) is 10.7 Å². The Morgan fingerprint density at radius 1 is 1.50 bits per heavy atom. The lowest BCUT2D eigenvalue weighted by Gasteiger charge is -2.04. The molecule has 1 aromatic heterocycles. The number of hydrogen-bond donors (Lipinski definition) is 0. The second-order valence-corrected chi connectivity index (χ2v) is 3.85. The Morgan fingerprint density at radius 3 is 2.50 bits per heavy atom. The van der Waals surface area contributed by atoms with Gasteiger partial charge in [-0.15, -0.1) is 0 Å². The van der Waals surface area contributed by atoms with E-state index in [9.17, 15) is 13.2 Å². The number of hydrogen-bond acceptors (Lipinski definition) is 1. The number of rotatable bonds is 1. The minimum Gasteiger partial charge on any atom is -0.212 e. The molecule has 0 bridgehead atoms. The monoisotopic (exact) mass is 351 g/mol. The number of halogens is 5. The molecule has 0 atom stereocenters. The van der Waals surface area contributed by atoms with Crippen LogP contribution < -0.4 is 0 Å². The largest absolute Gasteiger partial charge is 0.267 e. The van der Waals surface area contributed by atoms with E-state index in [1.165, 1.54) is 0 Å². The van der Waals surface area contributed by atoms with Gasteiger partial charge in [0.25, 0.3) is 6.43 Å². The Hall–Kier alpha value is 0.150. The second-order valence-electron chi connectivity index (χ2n) is 1.93. The van der Waals surface area contributed by atoms with Gasteiger partial charge in [-0.1, -0.05) is 0 Å². The first-order valence-corrected chi connectivity index (χ1v) is 4.69. The van der Waals surface area contributed by atoms with Crippen molar-refractivity contribution in [1.29, 1.82) is 0 Å². The summed E-state index contributed by atoms with van der Waals surface area (Å²) in [5, 5.41) is 0. The number of aromatic nitrogens is 1. The third-order valence-electron chi connectivity index (χ3n) is 1.15. The number of alkyl halides is 2. The predicted octanol–water partition coefficient (Wildman–Crippen LogP) is 3.53. The van der Waals surface area contributed by atoms with Crippen LogP contribution in [0, 0.1) is 9.52 Å². The topological polar surface area (TPSA) is 12.9 Å². The van der Waals surface area contributed by atoms with Crippen molar-refractivity contribution in [3.8, 4) is 0 Å². The molecule has 1 heterocycles. The van der Waals surface area contributed by atoms with Gasteiger partial charge in [-0.2, -0.15) is 4.39 Å². The van der Waals surface area contributed by atoms with Gasteiger partial charge in [0.15, 0.2) is 0 Å². The molecule has 1 nitrogen and oxygen atoms in total. The Labute approximate surface area is 88.6 Å². The van der Waals surface area contributed by atoms with Gasteiger partial charge in [0.05, 0.1) is 5.56 Å². The van der Waals surface area contributed by atoms with Gasteiger partial charge in [0.1, 0.15) is 4.60 Å². The van der Waals surface area contributed by atoms with Crippen molar-refractivity contribution >= 4 is 38.5 Å². The predicted molar refractivity (Wildman–Crippen MR) is 49.6 cm³/mol. The van der Waals surface area contributed by atoms with Gasteiger partial charge < -0.3 is 0 Å². The lowest BCUT2D eigenvalue weighted by Crippen LogP contribution is -1.96. The summed E-state index contributed by atoms with van der Waals surface area (Å²) >= 11 is 4.40. The first kappa shape index (κ1) is 10.2. The van der Waals surface area contributed by atoms with Crippen LogP contribution in [0.5, 0.6) is 0 Å². The molecule has 1 aromatic rings. The highest BCUT2D eigenvalue weighted by Crippen LogP contribution is 2.30. The molecule has 0 unspecified atom stereocenters. The fourth-order valence-corrected chi connectivity index (χ4v) is 2.34. The third kappa shape index (κ3) is 2.09. The molecule has 1 rings (SSSR count). The average Bonchev–Trinajstić information content (AvgIpc) is 1.82. The van der Waals surface area contributed by atoms with Crippen LogP contribution in [-0.2, 0) is 0 Å². The smallest absolute Gasteiger partial charge is 0.212 e. The Kier molecular flexibility index (Phi) is 3.33. The van der Waals surface area contributed by atoms with Crippen LogP contribution in [0.2, 0.25) is 0 Å². The maximum Gasteiger partial charge on any atom is 0.267 e. The SMILES string of the molecule is Fc1cc(I)c(C(F)F)c(Br)n1. The molecule has 0 aliphatic heterocycles. The zero-order chi connectivity index (χ0) is 9.30. The third-order valence-corrected chi connectivity index (χ3v) is 2.65. The molecule has 0 spiro atoms. The van der Waals surface area contributed by atoms with Gasteiger partial charge in [0, 0.05) is 9.64 Å². The molecule has 0 saturated carbocycles. The summed E-state index contributed by atoms with van der Waals surface area (Å²) in [5.41, 5.74) is -0.267. The summed E-state index contributed by atoms with van der Waals surface area (Å²) in [6, 6.07) is 0.965. The summed E-state index contributed by atoms with van der Waals surface area (Å²) in [7, 11) is 0. The van der Waals surface area contributed by atoms with Crippen LogP contribution >= 0.6 is 38.5 Å². The lowest BCUT2D eigenvalue weighted by atomic mass is 10.3. The Bertz CT molecular complexity index is 282. The van der Waals surface area contributed by atoms with Crippen LogP contribution in [0.25, 0.3) is 0 Å². The van der Waals surface area contributed by atoms with Crippen molar-refractivity contribution in [3.63, 3.8) is 0 Å². The highest BCUT2D eigenvalue weighted by molar-refractivity contribution is 14.1. The fraction of sp³-hybridized carbons (Fsp3) is 0.167. The van der Waals surface area contributed by atoms with Crippen LogP contribution in [0.1, 0.15) is 12.0 Å². The quantitative estimate of drug-likeness (QED) is 0.557. The van der Waals surface area contributed by atoms with E-state index in [1.807, 2.05) is 0 Å². The average molecular weight is 352 g/mol. The molecule has 12 heavy (non-hydrogen) atoms. The van der Waals surface area contributed by atoms with Gasteiger partial charge in [-0.25, -0.2) is 13.8 Å². The van der Waals surface area contributed by atoms with Gasteiger partial charge >= 0.3 is 0 Å². The molecule has 0 fully saturated rings. The van der Waals surface area contributed by atoms with E-state index in [1.54, 1.807) is 22.6 Å². The van der Waals surface area contributed by atoms with Crippen molar-refractivity contribution in [2.75, 3.05) is 0 Å².